The van der Waals surface area contributed by atoms with Crippen molar-refractivity contribution >= 4 is 42.7 Å². The maximum Gasteiger partial charge on any atom is 0.260 e. The second kappa shape index (κ2) is 9.95. The molecule has 1 atom stereocenters. The highest BCUT2D eigenvalue weighted by Gasteiger charge is 2.34. The average molecular weight is 482 g/mol. The molecule has 2 aliphatic rings. The lowest BCUT2D eigenvalue weighted by atomic mass is 9.93. The Hall–Kier alpha value is -2.52. The molecule has 3 rings (SSSR count). The molecule has 0 aliphatic carbocycles. The van der Waals surface area contributed by atoms with Gasteiger partial charge in [-0.2, -0.15) is 13.5 Å². The first kappa shape index (κ1) is 25.7. The van der Waals surface area contributed by atoms with Crippen LogP contribution in [0, 0.1) is 5.82 Å². The van der Waals surface area contributed by atoms with Crippen LogP contribution >= 0.6 is 25.1 Å². The molecule has 2 N–H and O–H groups in total. The van der Waals surface area contributed by atoms with Gasteiger partial charge in [-0.05, 0) is 32.4 Å². The standard InChI is InChI=1S/C22H27ClFN5O2.H2S/c1-11(2)31-19-14(9-15(23)17(24)16(19)22(30)28(5)6)13(4)21-27-10-12(3)18-20(25)26-7-8-29(18)21;/h7-9,11,13H,10H2,1-6H3,(H2,25,26);1H2/t13-;/m0./s1. The zero-order chi connectivity index (χ0) is 23.0. The predicted molar refractivity (Wildman–Crippen MR) is 132 cm³/mol. The molecule has 10 heteroatoms. The number of hydrogen-bond donors (Lipinski definition) is 1. The number of fused-ring (bicyclic) bond motifs is 1. The summed E-state index contributed by atoms with van der Waals surface area (Å²) >= 11 is 6.23. The minimum atomic E-state index is -0.803. The Labute approximate surface area is 199 Å². The molecule has 0 unspecified atom stereocenters. The highest BCUT2D eigenvalue weighted by atomic mass is 35.5. The molecule has 32 heavy (non-hydrogen) atoms. The molecule has 1 amide bonds. The zero-order valence-electron chi connectivity index (χ0n) is 19.0. The Kier molecular flexibility index (Phi) is 8.01. The monoisotopic (exact) mass is 481 g/mol. The molecular weight excluding hydrogens is 453 g/mol. The van der Waals surface area contributed by atoms with E-state index in [9.17, 15) is 4.79 Å². The van der Waals surface area contributed by atoms with Gasteiger partial charge in [0, 0.05) is 38.0 Å². The molecule has 0 saturated heterocycles. The van der Waals surface area contributed by atoms with Crippen molar-refractivity contribution in [3.8, 4) is 5.75 Å². The van der Waals surface area contributed by atoms with Crippen LogP contribution < -0.4 is 10.5 Å². The van der Waals surface area contributed by atoms with Gasteiger partial charge in [-0.1, -0.05) is 18.5 Å². The number of halogens is 2. The summed E-state index contributed by atoms with van der Waals surface area (Å²) in [5.41, 5.74) is 8.26. The van der Waals surface area contributed by atoms with E-state index in [-0.39, 0.29) is 41.9 Å². The van der Waals surface area contributed by atoms with Crippen molar-refractivity contribution in [3.63, 3.8) is 0 Å². The van der Waals surface area contributed by atoms with E-state index in [0.29, 0.717) is 23.8 Å². The van der Waals surface area contributed by atoms with Gasteiger partial charge < -0.3 is 15.4 Å². The van der Waals surface area contributed by atoms with E-state index in [4.69, 9.17) is 27.1 Å². The molecule has 174 valence electrons. The third kappa shape index (κ3) is 4.63. The van der Waals surface area contributed by atoms with Crippen LogP contribution in [0.2, 0.25) is 5.02 Å². The summed E-state index contributed by atoms with van der Waals surface area (Å²) in [5.74, 6) is -0.461. The topological polar surface area (TPSA) is 83.5 Å². The molecule has 0 aromatic heterocycles. The largest absolute Gasteiger partial charge is 0.490 e. The van der Waals surface area contributed by atoms with Crippen molar-refractivity contribution < 1.29 is 13.9 Å². The van der Waals surface area contributed by atoms with Gasteiger partial charge in [-0.25, -0.2) is 9.38 Å². The number of hydrogen-bond acceptors (Lipinski definition) is 6. The molecular formula is C22H29ClFN5O2S. The molecule has 2 aliphatic heterocycles. The van der Waals surface area contributed by atoms with Crippen LogP contribution in [0.5, 0.6) is 5.75 Å². The summed E-state index contributed by atoms with van der Waals surface area (Å²) in [6.45, 7) is 7.95. The van der Waals surface area contributed by atoms with Crippen molar-refractivity contribution in [2.24, 2.45) is 15.7 Å². The Morgan fingerprint density at radius 3 is 2.59 bits per heavy atom. The van der Waals surface area contributed by atoms with Crippen molar-refractivity contribution in [2.45, 2.75) is 39.7 Å². The smallest absolute Gasteiger partial charge is 0.260 e. The molecule has 1 aromatic carbocycles. The van der Waals surface area contributed by atoms with E-state index in [2.05, 4.69) is 4.99 Å². The first-order chi connectivity index (χ1) is 14.5. The molecule has 2 heterocycles. The lowest BCUT2D eigenvalue weighted by Gasteiger charge is -2.35. The number of carbonyl (C=O) groups is 1. The number of nitrogens with two attached hydrogens (primary N) is 1. The minimum absolute atomic E-state index is 0. The van der Waals surface area contributed by atoms with Gasteiger partial charge in [-0.15, -0.1) is 0 Å². The number of nitrogens with zero attached hydrogens (tertiary/aromatic N) is 4. The SMILES string of the molecule is CC1=C2C(N)=NC=CN2C([C@@H](C)c2cc(Cl)c(F)c(C(=O)N(C)C)c2OC(C)C)=NC1.S. The van der Waals surface area contributed by atoms with E-state index in [1.807, 2.05) is 32.6 Å². The van der Waals surface area contributed by atoms with Crippen LogP contribution in [0.25, 0.3) is 0 Å². The molecule has 0 saturated carbocycles. The molecule has 0 radical (unpaired) electrons. The van der Waals surface area contributed by atoms with Crippen LogP contribution in [0.15, 0.2) is 39.7 Å². The number of benzene rings is 1. The van der Waals surface area contributed by atoms with Gasteiger partial charge in [0.05, 0.1) is 23.4 Å². The van der Waals surface area contributed by atoms with E-state index >= 15 is 4.39 Å². The van der Waals surface area contributed by atoms with Crippen molar-refractivity contribution in [1.82, 2.24) is 9.80 Å². The highest BCUT2D eigenvalue weighted by Crippen LogP contribution is 2.39. The van der Waals surface area contributed by atoms with Gasteiger partial charge in [-0.3, -0.25) is 14.7 Å². The summed E-state index contributed by atoms with van der Waals surface area (Å²) < 4.78 is 21.0. The maximum absolute atomic E-state index is 15.0. The first-order valence-electron chi connectivity index (χ1n) is 9.98. The molecule has 0 spiro atoms. The van der Waals surface area contributed by atoms with Crippen LogP contribution in [0.4, 0.5) is 4.39 Å². The second-order valence-electron chi connectivity index (χ2n) is 8.04. The van der Waals surface area contributed by atoms with Crippen LogP contribution in [-0.4, -0.2) is 54.1 Å². The van der Waals surface area contributed by atoms with Crippen molar-refractivity contribution in [1.29, 1.82) is 0 Å². The number of amides is 1. The van der Waals surface area contributed by atoms with E-state index in [1.165, 1.54) is 11.0 Å². The predicted octanol–water partition coefficient (Wildman–Crippen LogP) is 4.01. The molecule has 0 bridgehead atoms. The average Bonchev–Trinajstić information content (AvgIpc) is 2.69. The fourth-order valence-corrected chi connectivity index (χ4v) is 3.83. The fourth-order valence-electron chi connectivity index (χ4n) is 3.62. The van der Waals surface area contributed by atoms with Gasteiger partial charge in [0.2, 0.25) is 0 Å². The molecule has 1 aromatic rings. The third-order valence-corrected chi connectivity index (χ3v) is 5.35. The number of carbonyl (C=O) groups excluding carboxylic acids is 1. The Balaban J connectivity index is 0.00000363. The van der Waals surface area contributed by atoms with Crippen LogP contribution in [0.1, 0.15) is 49.5 Å². The fraction of sp³-hybridized carbons (Fsp3) is 0.409. The third-order valence-electron chi connectivity index (χ3n) is 5.07. The van der Waals surface area contributed by atoms with E-state index in [1.54, 1.807) is 26.5 Å². The lowest BCUT2D eigenvalue weighted by molar-refractivity contribution is 0.0816. The van der Waals surface area contributed by atoms with Gasteiger partial charge in [0.1, 0.15) is 23.0 Å². The van der Waals surface area contributed by atoms with E-state index in [0.717, 1.165) is 11.3 Å². The van der Waals surface area contributed by atoms with Crippen molar-refractivity contribution in [3.05, 3.63) is 51.7 Å². The second-order valence-corrected chi connectivity index (χ2v) is 8.45. The minimum Gasteiger partial charge on any atom is -0.490 e. The number of aliphatic imine (C=N–C) groups is 2. The Bertz CT molecular complexity index is 1050. The lowest BCUT2D eigenvalue weighted by Crippen LogP contribution is -2.40. The number of ether oxygens (including phenoxy) is 1. The first-order valence-corrected chi connectivity index (χ1v) is 10.4. The Morgan fingerprint density at radius 1 is 1.34 bits per heavy atom. The summed E-state index contributed by atoms with van der Waals surface area (Å²) in [4.78, 5) is 24.9. The van der Waals surface area contributed by atoms with Gasteiger partial charge in [0.15, 0.2) is 5.82 Å². The Morgan fingerprint density at radius 2 is 2.00 bits per heavy atom. The number of rotatable bonds is 5. The van der Waals surface area contributed by atoms with Crippen LogP contribution in [0.3, 0.4) is 0 Å². The van der Waals surface area contributed by atoms with Gasteiger partial charge >= 0.3 is 0 Å². The zero-order valence-corrected chi connectivity index (χ0v) is 20.8. The maximum atomic E-state index is 15.0. The highest BCUT2D eigenvalue weighted by molar-refractivity contribution is 7.59. The molecule has 0 fully saturated rings. The van der Waals surface area contributed by atoms with Crippen molar-refractivity contribution in [2.75, 3.05) is 20.6 Å². The van der Waals surface area contributed by atoms with E-state index < -0.39 is 11.7 Å². The van der Waals surface area contributed by atoms with Gasteiger partial charge in [0.25, 0.3) is 5.91 Å². The summed E-state index contributed by atoms with van der Waals surface area (Å²) in [7, 11) is 3.10. The normalized spacial score (nSPS) is 16.2. The number of amidine groups is 2. The molecule has 7 nitrogen and oxygen atoms in total. The summed E-state index contributed by atoms with van der Waals surface area (Å²) in [5, 5.41) is -0.151. The summed E-state index contributed by atoms with van der Waals surface area (Å²) in [6, 6.07) is 1.50. The van der Waals surface area contributed by atoms with Crippen LogP contribution in [-0.2, 0) is 0 Å². The summed E-state index contributed by atoms with van der Waals surface area (Å²) in [6.07, 6.45) is 3.09. The quantitative estimate of drug-likeness (QED) is 0.688.